The summed E-state index contributed by atoms with van der Waals surface area (Å²) < 4.78 is 26.4. The van der Waals surface area contributed by atoms with E-state index in [1.807, 2.05) is 21.6 Å². The van der Waals surface area contributed by atoms with Crippen LogP contribution < -0.4 is 4.90 Å². The molecule has 1 atom stereocenters. The zero-order chi connectivity index (χ0) is 19.6. The van der Waals surface area contributed by atoms with Gasteiger partial charge in [0, 0.05) is 31.4 Å². The zero-order valence-electron chi connectivity index (χ0n) is 15.8. The Hall–Kier alpha value is -2.77. The maximum absolute atomic E-state index is 13.4. The number of rotatable bonds is 2. The zero-order valence-corrected chi connectivity index (χ0v) is 15.8. The van der Waals surface area contributed by atoms with E-state index in [1.54, 1.807) is 0 Å². The van der Waals surface area contributed by atoms with Crippen LogP contribution in [0.1, 0.15) is 35.0 Å². The van der Waals surface area contributed by atoms with E-state index >= 15 is 0 Å². The lowest BCUT2D eigenvalue weighted by Crippen LogP contribution is -2.64. The van der Waals surface area contributed by atoms with Crippen LogP contribution >= 0.6 is 0 Å². The number of carbonyl (C=O) groups is 1. The molecule has 5 heterocycles. The van der Waals surface area contributed by atoms with Crippen molar-refractivity contribution in [2.24, 2.45) is 0 Å². The molecule has 5 rings (SSSR count). The summed E-state index contributed by atoms with van der Waals surface area (Å²) >= 11 is 0. The number of hydrogen-bond donors (Lipinski definition) is 0. The van der Waals surface area contributed by atoms with Crippen molar-refractivity contribution in [2.75, 3.05) is 24.5 Å². The van der Waals surface area contributed by atoms with Crippen molar-refractivity contribution in [2.45, 2.75) is 38.9 Å². The summed E-state index contributed by atoms with van der Waals surface area (Å²) in [6.07, 6.45) is 2.19. The van der Waals surface area contributed by atoms with Crippen LogP contribution in [0.5, 0.6) is 0 Å². The molecule has 2 amide bonds. The van der Waals surface area contributed by atoms with Gasteiger partial charge in [-0.15, -0.1) is 0 Å². The number of hydrogen-bond acceptors (Lipinski definition) is 4. The number of aromatic nitrogens is 2. The van der Waals surface area contributed by atoms with Crippen LogP contribution in [0.3, 0.4) is 0 Å². The maximum Gasteiger partial charge on any atom is 0.321 e. The van der Waals surface area contributed by atoms with Gasteiger partial charge in [0.2, 0.25) is 5.95 Å². The standard InChI is InChI=1S/C20H21F2N5O/c1-11-5-12(2)24-18-15(11)10-27-17(18)3-4-26(20(27)28)14-8-25(9-14)13-6-16(21)19(22)23-7-13/h5-7,14,17H,3-4,8-10H2,1-2H3. The molecule has 8 heteroatoms. The van der Waals surface area contributed by atoms with Crippen molar-refractivity contribution < 1.29 is 13.6 Å². The molecule has 3 aliphatic rings. The maximum atomic E-state index is 13.4. The first kappa shape index (κ1) is 17.3. The molecule has 0 saturated carbocycles. The topological polar surface area (TPSA) is 52.6 Å². The van der Waals surface area contributed by atoms with Gasteiger partial charge in [0.1, 0.15) is 0 Å². The highest BCUT2D eigenvalue weighted by molar-refractivity contribution is 5.78. The van der Waals surface area contributed by atoms with E-state index < -0.39 is 11.8 Å². The molecule has 1 unspecified atom stereocenters. The highest BCUT2D eigenvalue weighted by atomic mass is 19.2. The fourth-order valence-corrected chi connectivity index (χ4v) is 4.60. The molecule has 2 fully saturated rings. The number of aryl methyl sites for hydroxylation is 2. The van der Waals surface area contributed by atoms with Gasteiger partial charge in [-0.3, -0.25) is 4.98 Å². The van der Waals surface area contributed by atoms with E-state index in [-0.39, 0.29) is 18.1 Å². The predicted molar refractivity (Wildman–Crippen MR) is 98.9 cm³/mol. The number of anilines is 1. The van der Waals surface area contributed by atoms with E-state index in [0.717, 1.165) is 23.9 Å². The first-order valence-electron chi connectivity index (χ1n) is 9.52. The lowest BCUT2D eigenvalue weighted by atomic mass is 10.0. The van der Waals surface area contributed by atoms with Gasteiger partial charge >= 0.3 is 6.03 Å². The molecule has 2 aromatic heterocycles. The van der Waals surface area contributed by atoms with Crippen molar-refractivity contribution >= 4 is 11.7 Å². The van der Waals surface area contributed by atoms with Crippen LogP contribution in [0.15, 0.2) is 18.3 Å². The SMILES string of the molecule is Cc1cc(C)c2c(n1)C1CCN(C3CN(c4cnc(F)c(F)c4)C3)C(=O)N1C2. The van der Waals surface area contributed by atoms with Gasteiger partial charge < -0.3 is 14.7 Å². The van der Waals surface area contributed by atoms with Gasteiger partial charge in [-0.25, -0.2) is 14.2 Å². The van der Waals surface area contributed by atoms with Crippen LogP contribution in [0.2, 0.25) is 0 Å². The smallest absolute Gasteiger partial charge is 0.321 e. The third-order valence-electron chi connectivity index (χ3n) is 6.11. The average molecular weight is 385 g/mol. The monoisotopic (exact) mass is 385 g/mol. The van der Waals surface area contributed by atoms with Crippen LogP contribution in [0, 0.1) is 25.6 Å². The van der Waals surface area contributed by atoms with Gasteiger partial charge in [-0.05, 0) is 37.5 Å². The molecule has 2 aromatic rings. The number of amides is 2. The first-order chi connectivity index (χ1) is 13.4. The van der Waals surface area contributed by atoms with Crippen LogP contribution in [-0.2, 0) is 6.54 Å². The Kier molecular flexibility index (Phi) is 3.79. The van der Waals surface area contributed by atoms with Crippen molar-refractivity contribution in [1.29, 1.82) is 0 Å². The fourth-order valence-electron chi connectivity index (χ4n) is 4.60. The second-order valence-corrected chi connectivity index (χ2v) is 7.88. The summed E-state index contributed by atoms with van der Waals surface area (Å²) in [6.45, 7) is 6.55. The number of pyridine rings is 2. The van der Waals surface area contributed by atoms with E-state index in [4.69, 9.17) is 4.98 Å². The number of carbonyl (C=O) groups excluding carboxylic acids is 1. The lowest BCUT2D eigenvalue weighted by Gasteiger charge is -2.49. The highest BCUT2D eigenvalue weighted by Gasteiger charge is 2.45. The largest absolute Gasteiger partial charge is 0.366 e. The molecule has 0 radical (unpaired) electrons. The first-order valence-corrected chi connectivity index (χ1v) is 9.52. The van der Waals surface area contributed by atoms with Crippen LogP contribution in [0.25, 0.3) is 0 Å². The van der Waals surface area contributed by atoms with Gasteiger partial charge in [0.15, 0.2) is 5.82 Å². The van der Waals surface area contributed by atoms with Gasteiger partial charge in [0.25, 0.3) is 0 Å². The molecule has 6 nitrogen and oxygen atoms in total. The molecular weight excluding hydrogens is 364 g/mol. The van der Waals surface area contributed by atoms with Crippen molar-refractivity contribution in [3.05, 3.63) is 52.6 Å². The molecular formula is C20H21F2N5O. The van der Waals surface area contributed by atoms with E-state index in [2.05, 4.69) is 18.0 Å². The summed E-state index contributed by atoms with van der Waals surface area (Å²) in [5, 5.41) is 0. The quantitative estimate of drug-likeness (QED) is 0.746. The molecule has 0 N–H and O–H groups in total. The molecule has 28 heavy (non-hydrogen) atoms. The number of nitrogens with zero attached hydrogens (tertiary/aromatic N) is 5. The fraction of sp³-hybridized carbons (Fsp3) is 0.450. The Balaban J connectivity index is 1.29. The summed E-state index contributed by atoms with van der Waals surface area (Å²) in [7, 11) is 0. The second-order valence-electron chi connectivity index (χ2n) is 7.88. The Bertz CT molecular complexity index is 975. The normalized spacial score (nSPS) is 21.6. The Morgan fingerprint density at radius 1 is 1.14 bits per heavy atom. The van der Waals surface area contributed by atoms with Crippen molar-refractivity contribution in [3.63, 3.8) is 0 Å². The number of halogens is 2. The molecule has 146 valence electrons. The highest BCUT2D eigenvalue weighted by Crippen LogP contribution is 2.41. The van der Waals surface area contributed by atoms with Gasteiger partial charge in [-0.2, -0.15) is 4.39 Å². The van der Waals surface area contributed by atoms with E-state index in [0.29, 0.717) is 31.9 Å². The minimum absolute atomic E-state index is 0.0411. The molecule has 0 aromatic carbocycles. The Morgan fingerprint density at radius 2 is 1.93 bits per heavy atom. The van der Waals surface area contributed by atoms with Crippen LogP contribution in [-0.4, -0.2) is 51.5 Å². The second kappa shape index (κ2) is 6.12. The minimum atomic E-state index is -1.09. The molecule has 0 bridgehead atoms. The van der Waals surface area contributed by atoms with Crippen molar-refractivity contribution in [3.8, 4) is 0 Å². The van der Waals surface area contributed by atoms with Gasteiger partial charge in [0.05, 0.1) is 36.2 Å². The summed E-state index contributed by atoms with van der Waals surface area (Å²) in [5.41, 5.74) is 4.95. The lowest BCUT2D eigenvalue weighted by molar-refractivity contribution is 0.0757. The Labute approximate surface area is 161 Å². The predicted octanol–water partition coefficient (Wildman–Crippen LogP) is 2.94. The molecule has 0 spiro atoms. The average Bonchev–Trinajstić information content (AvgIpc) is 2.98. The number of urea groups is 1. The van der Waals surface area contributed by atoms with E-state index in [9.17, 15) is 13.6 Å². The minimum Gasteiger partial charge on any atom is -0.366 e. The third-order valence-corrected chi connectivity index (χ3v) is 6.11. The van der Waals surface area contributed by atoms with Crippen LogP contribution in [0.4, 0.5) is 19.3 Å². The van der Waals surface area contributed by atoms with Gasteiger partial charge in [-0.1, -0.05) is 0 Å². The summed E-state index contributed by atoms with van der Waals surface area (Å²) in [6, 6.07) is 3.39. The molecule has 2 saturated heterocycles. The Morgan fingerprint density at radius 3 is 2.68 bits per heavy atom. The third kappa shape index (κ3) is 2.54. The summed E-state index contributed by atoms with van der Waals surface area (Å²) in [5.74, 6) is -2.04. The molecule has 0 aliphatic carbocycles. The number of fused-ring (bicyclic) bond motifs is 3. The molecule has 3 aliphatic heterocycles. The summed E-state index contributed by atoms with van der Waals surface area (Å²) in [4.78, 5) is 27.0. The van der Waals surface area contributed by atoms with Crippen molar-refractivity contribution in [1.82, 2.24) is 19.8 Å². The van der Waals surface area contributed by atoms with E-state index in [1.165, 1.54) is 17.3 Å².